The van der Waals surface area contributed by atoms with Gasteiger partial charge in [0, 0.05) is 38.4 Å². The first-order valence-corrected chi connectivity index (χ1v) is 7.28. The number of carbonyl (C=O) groups excluding carboxylic acids is 1. The van der Waals surface area contributed by atoms with Gasteiger partial charge in [0.15, 0.2) is 0 Å². The Morgan fingerprint density at radius 2 is 2.00 bits per heavy atom. The molecule has 0 radical (unpaired) electrons. The number of hydrogen-bond donors (Lipinski definition) is 1. The van der Waals surface area contributed by atoms with Crippen LogP contribution in [0.4, 0.5) is 0 Å². The van der Waals surface area contributed by atoms with Crippen molar-refractivity contribution in [3.63, 3.8) is 0 Å². The van der Waals surface area contributed by atoms with E-state index in [0.717, 1.165) is 13.1 Å². The Kier molecular flexibility index (Phi) is 5.62. The molecule has 1 rings (SSSR count). The summed E-state index contributed by atoms with van der Waals surface area (Å²) < 4.78 is 0.446. The first-order chi connectivity index (χ1) is 7.59. The van der Waals surface area contributed by atoms with Gasteiger partial charge in [-0.25, -0.2) is 0 Å². The topological polar surface area (TPSA) is 32.3 Å². The standard InChI is InChI=1S/C12H24N2OS/c1-14(2)11(15)6-9-13-10-12(16-3)7-4-5-8-12/h13H,4-10H2,1-3H3. The third-order valence-electron chi connectivity index (χ3n) is 3.41. The normalized spacial score (nSPS) is 18.7. The molecule has 3 nitrogen and oxygen atoms in total. The molecule has 0 aromatic heterocycles. The molecule has 1 saturated carbocycles. The molecular weight excluding hydrogens is 220 g/mol. The van der Waals surface area contributed by atoms with Crippen LogP contribution in [-0.2, 0) is 4.79 Å². The van der Waals surface area contributed by atoms with Crippen molar-refractivity contribution in [1.82, 2.24) is 10.2 Å². The molecule has 1 amide bonds. The maximum Gasteiger partial charge on any atom is 0.223 e. The highest BCUT2D eigenvalue weighted by molar-refractivity contribution is 8.00. The van der Waals surface area contributed by atoms with Crippen molar-refractivity contribution in [3.8, 4) is 0 Å². The number of carbonyl (C=O) groups is 1. The van der Waals surface area contributed by atoms with Gasteiger partial charge in [-0.1, -0.05) is 12.8 Å². The van der Waals surface area contributed by atoms with Crippen molar-refractivity contribution in [3.05, 3.63) is 0 Å². The molecule has 1 fully saturated rings. The zero-order chi connectivity index (χ0) is 12.0. The van der Waals surface area contributed by atoms with Gasteiger partial charge in [-0.3, -0.25) is 4.79 Å². The molecular formula is C12H24N2OS. The highest BCUT2D eigenvalue weighted by Crippen LogP contribution is 2.39. The van der Waals surface area contributed by atoms with Gasteiger partial charge in [-0.05, 0) is 19.1 Å². The van der Waals surface area contributed by atoms with Gasteiger partial charge in [0.2, 0.25) is 5.91 Å². The van der Waals surface area contributed by atoms with E-state index < -0.39 is 0 Å². The fourth-order valence-corrected chi connectivity index (χ4v) is 3.15. The van der Waals surface area contributed by atoms with Gasteiger partial charge in [0.05, 0.1) is 0 Å². The molecule has 94 valence electrons. The Labute approximate surface area is 103 Å². The Balaban J connectivity index is 2.17. The minimum atomic E-state index is 0.206. The SMILES string of the molecule is CSC1(CNCCC(=O)N(C)C)CCCC1. The van der Waals surface area contributed by atoms with Gasteiger partial charge in [0.1, 0.15) is 0 Å². The van der Waals surface area contributed by atoms with Gasteiger partial charge >= 0.3 is 0 Å². The number of thioether (sulfide) groups is 1. The number of rotatable bonds is 6. The first kappa shape index (κ1) is 13.8. The smallest absolute Gasteiger partial charge is 0.223 e. The van der Waals surface area contributed by atoms with Crippen molar-refractivity contribution in [2.24, 2.45) is 0 Å². The predicted octanol–water partition coefficient (Wildman–Crippen LogP) is 1.73. The summed E-state index contributed by atoms with van der Waals surface area (Å²) in [6.45, 7) is 1.86. The van der Waals surface area contributed by atoms with Crippen LogP contribution in [0.2, 0.25) is 0 Å². The van der Waals surface area contributed by atoms with E-state index in [1.165, 1.54) is 25.7 Å². The second-order valence-electron chi connectivity index (χ2n) is 4.81. The van der Waals surface area contributed by atoms with E-state index in [9.17, 15) is 4.79 Å². The zero-order valence-electron chi connectivity index (χ0n) is 10.7. The molecule has 4 heteroatoms. The van der Waals surface area contributed by atoms with Crippen LogP contribution in [0.5, 0.6) is 0 Å². The fraction of sp³-hybridized carbons (Fsp3) is 0.917. The Bertz CT molecular complexity index is 225. The molecule has 0 aromatic carbocycles. The van der Waals surface area contributed by atoms with Crippen molar-refractivity contribution in [2.75, 3.05) is 33.4 Å². The molecule has 0 aliphatic heterocycles. The Morgan fingerprint density at radius 1 is 1.38 bits per heavy atom. The summed E-state index contributed by atoms with van der Waals surface area (Å²) in [5, 5.41) is 3.44. The summed E-state index contributed by atoms with van der Waals surface area (Å²) >= 11 is 1.99. The summed E-state index contributed by atoms with van der Waals surface area (Å²) in [5.74, 6) is 0.206. The van der Waals surface area contributed by atoms with E-state index in [0.29, 0.717) is 11.2 Å². The lowest BCUT2D eigenvalue weighted by Gasteiger charge is -2.27. The third kappa shape index (κ3) is 3.98. The molecule has 0 spiro atoms. The Hall–Kier alpha value is -0.220. The number of nitrogens with one attached hydrogen (secondary N) is 1. The fourth-order valence-electron chi connectivity index (χ4n) is 2.21. The van der Waals surface area contributed by atoms with Gasteiger partial charge in [0.25, 0.3) is 0 Å². The minimum Gasteiger partial charge on any atom is -0.349 e. The van der Waals surface area contributed by atoms with E-state index in [1.54, 1.807) is 4.90 Å². The summed E-state index contributed by atoms with van der Waals surface area (Å²) in [4.78, 5) is 13.0. The van der Waals surface area contributed by atoms with E-state index in [2.05, 4.69) is 11.6 Å². The maximum atomic E-state index is 11.4. The highest BCUT2D eigenvalue weighted by Gasteiger charge is 2.32. The summed E-state index contributed by atoms with van der Waals surface area (Å²) in [7, 11) is 3.62. The molecule has 0 atom stereocenters. The van der Waals surface area contributed by atoms with Crippen LogP contribution in [0.1, 0.15) is 32.1 Å². The van der Waals surface area contributed by atoms with Crippen LogP contribution in [0.25, 0.3) is 0 Å². The summed E-state index contributed by atoms with van der Waals surface area (Å²) in [5.41, 5.74) is 0. The van der Waals surface area contributed by atoms with Crippen molar-refractivity contribution in [1.29, 1.82) is 0 Å². The van der Waals surface area contributed by atoms with E-state index >= 15 is 0 Å². The maximum absolute atomic E-state index is 11.4. The van der Waals surface area contributed by atoms with E-state index in [-0.39, 0.29) is 5.91 Å². The van der Waals surface area contributed by atoms with Crippen molar-refractivity contribution in [2.45, 2.75) is 36.9 Å². The largest absolute Gasteiger partial charge is 0.349 e. The lowest BCUT2D eigenvalue weighted by Crippen LogP contribution is -2.37. The first-order valence-electron chi connectivity index (χ1n) is 6.06. The second kappa shape index (κ2) is 6.50. The van der Waals surface area contributed by atoms with Crippen molar-refractivity contribution >= 4 is 17.7 Å². The predicted molar refractivity (Wildman–Crippen MR) is 70.9 cm³/mol. The van der Waals surface area contributed by atoms with Crippen LogP contribution < -0.4 is 5.32 Å². The molecule has 1 aliphatic carbocycles. The van der Waals surface area contributed by atoms with Crippen LogP contribution in [0, 0.1) is 0 Å². The lowest BCUT2D eigenvalue weighted by molar-refractivity contribution is -0.128. The van der Waals surface area contributed by atoms with Gasteiger partial charge < -0.3 is 10.2 Å². The Morgan fingerprint density at radius 3 is 2.50 bits per heavy atom. The summed E-state index contributed by atoms with van der Waals surface area (Å²) in [6, 6.07) is 0. The molecule has 0 bridgehead atoms. The van der Waals surface area contributed by atoms with E-state index in [4.69, 9.17) is 0 Å². The molecule has 0 heterocycles. The third-order valence-corrected chi connectivity index (χ3v) is 4.83. The second-order valence-corrected chi connectivity index (χ2v) is 6.08. The molecule has 1 N–H and O–H groups in total. The average molecular weight is 244 g/mol. The van der Waals surface area contributed by atoms with Crippen LogP contribution in [0.15, 0.2) is 0 Å². The van der Waals surface area contributed by atoms with Gasteiger partial charge in [-0.2, -0.15) is 11.8 Å². The molecule has 0 saturated heterocycles. The molecule has 0 aromatic rings. The zero-order valence-corrected chi connectivity index (χ0v) is 11.5. The number of amides is 1. The van der Waals surface area contributed by atoms with Crippen LogP contribution in [-0.4, -0.2) is 49.0 Å². The quantitative estimate of drug-likeness (QED) is 0.722. The van der Waals surface area contributed by atoms with Gasteiger partial charge in [-0.15, -0.1) is 0 Å². The molecule has 16 heavy (non-hydrogen) atoms. The number of nitrogens with zero attached hydrogens (tertiary/aromatic N) is 1. The van der Waals surface area contributed by atoms with Crippen LogP contribution in [0.3, 0.4) is 0 Å². The van der Waals surface area contributed by atoms with E-state index in [1.807, 2.05) is 25.9 Å². The van der Waals surface area contributed by atoms with Crippen molar-refractivity contribution < 1.29 is 4.79 Å². The lowest BCUT2D eigenvalue weighted by atomic mass is 10.1. The summed E-state index contributed by atoms with van der Waals surface area (Å²) in [6.07, 6.45) is 8.18. The van der Waals surface area contributed by atoms with Crippen LogP contribution >= 0.6 is 11.8 Å². The highest BCUT2D eigenvalue weighted by atomic mass is 32.2. The molecule has 0 unspecified atom stereocenters. The monoisotopic (exact) mass is 244 g/mol. The minimum absolute atomic E-state index is 0.206. The molecule has 1 aliphatic rings. The number of hydrogen-bond acceptors (Lipinski definition) is 3. The average Bonchev–Trinajstić information content (AvgIpc) is 2.73.